The smallest absolute Gasteiger partial charge is 0.220 e. The molecule has 2 aromatic rings. The van der Waals surface area contributed by atoms with Gasteiger partial charge in [0.25, 0.3) is 0 Å². The minimum atomic E-state index is 0.0891. The molecule has 170 valence electrons. The van der Waals surface area contributed by atoms with Crippen molar-refractivity contribution in [1.29, 1.82) is 0 Å². The quantitative estimate of drug-likeness (QED) is 0.240. The van der Waals surface area contributed by atoms with Gasteiger partial charge in [-0.3, -0.25) is 4.79 Å². The van der Waals surface area contributed by atoms with Crippen LogP contribution in [-0.4, -0.2) is 17.4 Å². The highest BCUT2D eigenvalue weighted by atomic mass is 16.1. The van der Waals surface area contributed by atoms with Crippen molar-refractivity contribution in [2.45, 2.75) is 83.5 Å². The lowest BCUT2D eigenvalue weighted by molar-refractivity contribution is -0.120. The average molecular weight is 431 g/mol. The van der Waals surface area contributed by atoms with Gasteiger partial charge in [-0.1, -0.05) is 68.7 Å². The van der Waals surface area contributed by atoms with E-state index in [1.807, 2.05) is 18.3 Å². The Labute approximate surface area is 194 Å². The van der Waals surface area contributed by atoms with Crippen LogP contribution in [0.15, 0.2) is 42.6 Å². The molecule has 1 aromatic carbocycles. The minimum Gasteiger partial charge on any atom is -0.361 e. The molecular formula is C29H38N2O. The molecule has 1 aromatic heterocycles. The van der Waals surface area contributed by atoms with Crippen molar-refractivity contribution >= 4 is 16.8 Å². The number of terminal acetylenes is 1. The number of para-hydroxylation sites is 1. The number of H-pyrrole nitrogens is 1. The van der Waals surface area contributed by atoms with Gasteiger partial charge in [0.05, 0.1) is 0 Å². The van der Waals surface area contributed by atoms with E-state index >= 15 is 0 Å². The van der Waals surface area contributed by atoms with E-state index in [2.05, 4.69) is 46.3 Å². The number of hydrogen-bond acceptors (Lipinski definition) is 1. The molecule has 0 spiro atoms. The number of nitrogens with one attached hydrogen (secondary N) is 2. The lowest BCUT2D eigenvalue weighted by atomic mass is 10.1. The summed E-state index contributed by atoms with van der Waals surface area (Å²) in [6, 6.07) is 8.25. The first-order valence-corrected chi connectivity index (χ1v) is 12.2. The molecule has 0 bridgehead atoms. The van der Waals surface area contributed by atoms with Gasteiger partial charge in [0.1, 0.15) is 0 Å². The van der Waals surface area contributed by atoms with E-state index in [-0.39, 0.29) is 5.91 Å². The number of aromatic amines is 1. The second-order valence-electron chi connectivity index (χ2n) is 8.25. The summed E-state index contributed by atoms with van der Waals surface area (Å²) < 4.78 is 0. The molecule has 0 unspecified atom stereocenters. The van der Waals surface area contributed by atoms with Crippen LogP contribution in [-0.2, 0) is 11.2 Å². The van der Waals surface area contributed by atoms with Crippen LogP contribution in [0.1, 0.15) is 82.6 Å². The van der Waals surface area contributed by atoms with Crippen LogP contribution < -0.4 is 5.32 Å². The Morgan fingerprint density at radius 2 is 1.69 bits per heavy atom. The summed E-state index contributed by atoms with van der Waals surface area (Å²) in [6.45, 7) is 0.664. The molecule has 0 aliphatic heterocycles. The highest BCUT2D eigenvalue weighted by Crippen LogP contribution is 2.17. The number of allylic oxidation sites excluding steroid dienone is 2. The van der Waals surface area contributed by atoms with Crippen molar-refractivity contribution in [2.75, 3.05) is 6.54 Å². The Morgan fingerprint density at radius 1 is 0.969 bits per heavy atom. The van der Waals surface area contributed by atoms with E-state index in [1.165, 1.54) is 62.3 Å². The first-order valence-electron chi connectivity index (χ1n) is 12.2. The molecule has 1 amide bonds. The van der Waals surface area contributed by atoms with Crippen LogP contribution in [0.3, 0.4) is 0 Å². The van der Waals surface area contributed by atoms with Crippen LogP contribution in [0.25, 0.3) is 10.9 Å². The first kappa shape index (κ1) is 25.4. The number of rotatable bonds is 15. The summed E-state index contributed by atoms with van der Waals surface area (Å²) in [5.41, 5.74) is 2.39. The normalized spacial score (nSPS) is 10.7. The van der Waals surface area contributed by atoms with Gasteiger partial charge in [0.15, 0.2) is 0 Å². The molecule has 2 rings (SSSR count). The fraction of sp³-hybridized carbons (Fsp3) is 0.483. The Hall–Kier alpha value is -2.91. The molecule has 0 fully saturated rings. The van der Waals surface area contributed by atoms with Gasteiger partial charge < -0.3 is 10.3 Å². The molecule has 0 aliphatic carbocycles. The summed E-state index contributed by atoms with van der Waals surface area (Å²) in [7, 11) is 0. The van der Waals surface area contributed by atoms with Crippen LogP contribution in [0.5, 0.6) is 0 Å². The standard InChI is InChI=1S/C29H38N2O/c1-2-3-4-5-6-7-8-9-10-11-12-13-14-15-16-17-22-29(32)30-24-23-26-25-31-28-21-19-18-20-27(26)28/h1,3-4,18-21,25,31H,5-14,17,22-24H2,(H,30,32)/b4-3-. The van der Waals surface area contributed by atoms with Crippen molar-refractivity contribution in [1.82, 2.24) is 10.3 Å². The number of carbonyl (C=O) groups excluding carboxylic acids is 1. The topological polar surface area (TPSA) is 44.9 Å². The number of carbonyl (C=O) groups is 1. The molecule has 2 N–H and O–H groups in total. The number of benzene rings is 1. The molecule has 1 heterocycles. The summed E-state index contributed by atoms with van der Waals surface area (Å²) in [4.78, 5) is 15.3. The maximum Gasteiger partial charge on any atom is 0.220 e. The zero-order valence-corrected chi connectivity index (χ0v) is 19.4. The number of amides is 1. The summed E-state index contributed by atoms with van der Waals surface area (Å²) in [5, 5.41) is 4.24. The van der Waals surface area contributed by atoms with Gasteiger partial charge in [-0.25, -0.2) is 0 Å². The summed E-state index contributed by atoms with van der Waals surface area (Å²) in [6.07, 6.45) is 25.4. The van der Waals surface area contributed by atoms with Crippen LogP contribution >= 0.6 is 0 Å². The fourth-order valence-electron chi connectivity index (χ4n) is 3.80. The van der Waals surface area contributed by atoms with E-state index in [1.54, 1.807) is 6.08 Å². The zero-order valence-electron chi connectivity index (χ0n) is 19.4. The Morgan fingerprint density at radius 3 is 2.50 bits per heavy atom. The maximum atomic E-state index is 12.0. The monoisotopic (exact) mass is 430 g/mol. The third-order valence-corrected chi connectivity index (χ3v) is 5.63. The van der Waals surface area contributed by atoms with Crippen molar-refractivity contribution in [3.8, 4) is 24.2 Å². The van der Waals surface area contributed by atoms with Gasteiger partial charge in [-0.15, -0.1) is 18.3 Å². The Kier molecular flexibility index (Phi) is 13.3. The van der Waals surface area contributed by atoms with Crippen molar-refractivity contribution in [2.24, 2.45) is 0 Å². The van der Waals surface area contributed by atoms with Crippen molar-refractivity contribution in [3.63, 3.8) is 0 Å². The molecule has 3 nitrogen and oxygen atoms in total. The number of unbranched alkanes of at least 4 members (excludes halogenated alkanes) is 9. The van der Waals surface area contributed by atoms with Crippen molar-refractivity contribution < 1.29 is 4.79 Å². The minimum absolute atomic E-state index is 0.0891. The van der Waals surface area contributed by atoms with Gasteiger partial charge >= 0.3 is 0 Å². The maximum absolute atomic E-state index is 12.0. The lowest BCUT2D eigenvalue weighted by Gasteiger charge is -2.03. The fourth-order valence-corrected chi connectivity index (χ4v) is 3.80. The van der Waals surface area contributed by atoms with Gasteiger partial charge in [0.2, 0.25) is 5.91 Å². The van der Waals surface area contributed by atoms with E-state index in [0.717, 1.165) is 24.8 Å². The Balaban J connectivity index is 1.39. The van der Waals surface area contributed by atoms with E-state index in [4.69, 9.17) is 6.42 Å². The zero-order chi connectivity index (χ0) is 22.7. The van der Waals surface area contributed by atoms with E-state index < -0.39 is 0 Å². The number of hydrogen-bond donors (Lipinski definition) is 2. The number of fused-ring (bicyclic) bond motifs is 1. The van der Waals surface area contributed by atoms with Crippen LogP contribution in [0.2, 0.25) is 0 Å². The molecule has 0 saturated heterocycles. The molecular weight excluding hydrogens is 392 g/mol. The predicted octanol–water partition coefficient (Wildman–Crippen LogP) is 6.70. The number of aromatic nitrogens is 1. The molecule has 3 heteroatoms. The van der Waals surface area contributed by atoms with Gasteiger partial charge in [-0.05, 0) is 43.4 Å². The van der Waals surface area contributed by atoms with E-state index in [0.29, 0.717) is 19.4 Å². The summed E-state index contributed by atoms with van der Waals surface area (Å²) >= 11 is 0. The van der Waals surface area contributed by atoms with E-state index in [9.17, 15) is 4.79 Å². The SMILES string of the molecule is C#C/C=C\CCCCCCCCCCC#CCCC(=O)NCCc1c[nH]c2ccccc12. The van der Waals surface area contributed by atoms with Crippen LogP contribution in [0, 0.1) is 24.2 Å². The largest absolute Gasteiger partial charge is 0.361 e. The van der Waals surface area contributed by atoms with Gasteiger partial charge in [-0.2, -0.15) is 0 Å². The lowest BCUT2D eigenvalue weighted by Crippen LogP contribution is -2.25. The average Bonchev–Trinajstić information content (AvgIpc) is 3.22. The molecule has 0 aliphatic rings. The summed E-state index contributed by atoms with van der Waals surface area (Å²) in [5.74, 6) is 8.99. The van der Waals surface area contributed by atoms with Crippen molar-refractivity contribution in [3.05, 3.63) is 48.2 Å². The third-order valence-electron chi connectivity index (χ3n) is 5.63. The predicted molar refractivity (Wildman–Crippen MR) is 136 cm³/mol. The first-order chi connectivity index (χ1) is 15.8. The second-order valence-corrected chi connectivity index (χ2v) is 8.25. The second kappa shape index (κ2) is 16.7. The van der Waals surface area contributed by atoms with Crippen LogP contribution in [0.4, 0.5) is 0 Å². The molecule has 0 saturated carbocycles. The molecule has 32 heavy (non-hydrogen) atoms. The highest BCUT2D eigenvalue weighted by Gasteiger charge is 2.04. The Bertz CT molecular complexity index is 920. The third kappa shape index (κ3) is 10.9. The highest BCUT2D eigenvalue weighted by molar-refractivity contribution is 5.83. The molecule has 0 atom stereocenters. The molecule has 0 radical (unpaired) electrons. The van der Waals surface area contributed by atoms with Gasteiger partial charge in [0, 0.05) is 42.9 Å².